The summed E-state index contributed by atoms with van der Waals surface area (Å²) in [5, 5.41) is 13.0. The van der Waals surface area contributed by atoms with E-state index in [1.54, 1.807) is 0 Å². The summed E-state index contributed by atoms with van der Waals surface area (Å²) >= 11 is 0. The number of aliphatic carboxylic acids is 1. The van der Waals surface area contributed by atoms with Crippen LogP contribution in [0.25, 0.3) is 0 Å². The van der Waals surface area contributed by atoms with Gasteiger partial charge in [0, 0.05) is 0 Å². The lowest BCUT2D eigenvalue weighted by molar-refractivity contribution is -0.138. The van der Waals surface area contributed by atoms with Crippen LogP contribution in [0, 0.1) is 0 Å². The van der Waals surface area contributed by atoms with Gasteiger partial charge in [-0.1, -0.05) is 6.42 Å². The molecule has 0 aliphatic rings. The normalized spacial score (nSPS) is 13.4. The van der Waals surface area contributed by atoms with Crippen LogP contribution in [0.4, 0.5) is 0 Å². The maximum Gasteiger partial charge on any atom is 0.322 e. The third-order valence-electron chi connectivity index (χ3n) is 2.47. The van der Waals surface area contributed by atoms with E-state index in [9.17, 15) is 14.4 Å². The summed E-state index contributed by atoms with van der Waals surface area (Å²) in [6, 6.07) is -1.52. The van der Waals surface area contributed by atoms with E-state index in [0.29, 0.717) is 13.0 Å². The minimum absolute atomic E-state index is 0.435. The summed E-state index contributed by atoms with van der Waals surface area (Å²) in [5.74, 6) is -2.15. The minimum Gasteiger partial charge on any atom is -0.480 e. The number of carbonyl (C=O) groups excluding carboxylic acids is 2. The second-order valence-electron chi connectivity index (χ2n) is 4.23. The Morgan fingerprint density at radius 3 is 2.37 bits per heavy atom. The third kappa shape index (κ3) is 8.11. The van der Waals surface area contributed by atoms with Crippen LogP contribution < -0.4 is 22.1 Å². The van der Waals surface area contributed by atoms with Gasteiger partial charge in [0.05, 0.1) is 6.04 Å². The predicted molar refractivity (Wildman–Crippen MR) is 69.1 cm³/mol. The van der Waals surface area contributed by atoms with E-state index < -0.39 is 36.4 Å². The molecule has 0 aliphatic carbocycles. The molecule has 0 fully saturated rings. The van der Waals surface area contributed by atoms with Gasteiger partial charge in [-0.3, -0.25) is 14.4 Å². The number of hydrogen-bond acceptors (Lipinski definition) is 5. The molecule has 0 radical (unpaired) electrons. The SMILES string of the molecule is C[C@H](NC(=O)[C@@H](N)CCCCN)C(=O)NCC(=O)O. The highest BCUT2D eigenvalue weighted by molar-refractivity contribution is 5.90. The van der Waals surface area contributed by atoms with Crippen molar-refractivity contribution in [2.75, 3.05) is 13.1 Å². The van der Waals surface area contributed by atoms with Gasteiger partial charge in [-0.05, 0) is 26.3 Å². The fraction of sp³-hybridized carbons (Fsp3) is 0.727. The third-order valence-corrected chi connectivity index (χ3v) is 2.47. The van der Waals surface area contributed by atoms with Crippen LogP contribution in [-0.4, -0.2) is 48.1 Å². The fourth-order valence-electron chi connectivity index (χ4n) is 1.34. The van der Waals surface area contributed by atoms with Crippen LogP contribution in [0.15, 0.2) is 0 Å². The molecule has 0 spiro atoms. The molecule has 0 saturated carbocycles. The summed E-state index contributed by atoms with van der Waals surface area (Å²) in [6.45, 7) is 1.52. The number of carboxylic acid groups (broad SMARTS) is 1. The number of amides is 2. The molecule has 19 heavy (non-hydrogen) atoms. The number of carboxylic acids is 1. The molecule has 2 amide bonds. The van der Waals surface area contributed by atoms with Crippen LogP contribution in [0.2, 0.25) is 0 Å². The average Bonchev–Trinajstić information content (AvgIpc) is 2.35. The van der Waals surface area contributed by atoms with Gasteiger partial charge in [0.1, 0.15) is 12.6 Å². The highest BCUT2D eigenvalue weighted by atomic mass is 16.4. The molecule has 7 N–H and O–H groups in total. The Balaban J connectivity index is 4.02. The zero-order valence-electron chi connectivity index (χ0n) is 11.0. The molecule has 2 atom stereocenters. The number of unbranched alkanes of at least 4 members (excludes halogenated alkanes) is 1. The summed E-state index contributed by atoms with van der Waals surface area (Å²) < 4.78 is 0. The zero-order valence-corrected chi connectivity index (χ0v) is 11.0. The number of rotatable bonds is 9. The molecule has 0 aromatic carbocycles. The largest absolute Gasteiger partial charge is 0.480 e. The van der Waals surface area contributed by atoms with E-state index in [4.69, 9.17) is 16.6 Å². The fourth-order valence-corrected chi connectivity index (χ4v) is 1.34. The van der Waals surface area contributed by atoms with Crippen molar-refractivity contribution in [2.24, 2.45) is 11.5 Å². The standard InChI is InChI=1S/C11H22N4O4/c1-7(10(18)14-6-9(16)17)15-11(19)8(13)4-2-3-5-12/h7-8H,2-6,12-13H2,1H3,(H,14,18)(H,15,19)(H,16,17)/t7-,8-/m0/s1. The summed E-state index contributed by atoms with van der Waals surface area (Å²) in [4.78, 5) is 33.3. The molecule has 0 aliphatic heterocycles. The van der Waals surface area contributed by atoms with Gasteiger partial charge in [0.15, 0.2) is 0 Å². The molecule has 0 unspecified atom stereocenters. The van der Waals surface area contributed by atoms with E-state index in [1.165, 1.54) is 6.92 Å². The quantitative estimate of drug-likeness (QED) is 0.312. The van der Waals surface area contributed by atoms with Crippen molar-refractivity contribution in [1.82, 2.24) is 10.6 Å². The average molecular weight is 274 g/mol. The second kappa shape index (κ2) is 9.29. The van der Waals surface area contributed by atoms with Crippen molar-refractivity contribution < 1.29 is 19.5 Å². The van der Waals surface area contributed by atoms with E-state index in [2.05, 4.69) is 10.6 Å². The molecule has 0 saturated heterocycles. The Hall–Kier alpha value is -1.67. The Bertz CT molecular complexity index is 322. The zero-order chi connectivity index (χ0) is 14.8. The van der Waals surface area contributed by atoms with Gasteiger partial charge in [-0.25, -0.2) is 0 Å². The van der Waals surface area contributed by atoms with Crippen LogP contribution in [-0.2, 0) is 14.4 Å². The first-order valence-corrected chi connectivity index (χ1v) is 6.14. The van der Waals surface area contributed by atoms with Crippen molar-refractivity contribution in [3.05, 3.63) is 0 Å². The van der Waals surface area contributed by atoms with Crippen molar-refractivity contribution in [1.29, 1.82) is 0 Å². The number of nitrogens with one attached hydrogen (secondary N) is 2. The highest BCUT2D eigenvalue weighted by Crippen LogP contribution is 1.98. The van der Waals surface area contributed by atoms with E-state index >= 15 is 0 Å². The minimum atomic E-state index is -1.15. The Kier molecular flexibility index (Phi) is 8.47. The van der Waals surface area contributed by atoms with Crippen molar-refractivity contribution in [3.8, 4) is 0 Å². The van der Waals surface area contributed by atoms with Crippen LogP contribution >= 0.6 is 0 Å². The maximum absolute atomic E-state index is 11.6. The van der Waals surface area contributed by atoms with E-state index in [1.807, 2.05) is 0 Å². The van der Waals surface area contributed by atoms with Gasteiger partial charge in [0.2, 0.25) is 11.8 Å². The first-order valence-electron chi connectivity index (χ1n) is 6.14. The first-order chi connectivity index (χ1) is 8.88. The summed E-state index contributed by atoms with van der Waals surface area (Å²) in [5.41, 5.74) is 11.0. The molecule has 8 heteroatoms. The van der Waals surface area contributed by atoms with Crippen molar-refractivity contribution in [2.45, 2.75) is 38.3 Å². The smallest absolute Gasteiger partial charge is 0.322 e. The van der Waals surface area contributed by atoms with E-state index in [0.717, 1.165) is 12.8 Å². The predicted octanol–water partition coefficient (Wildman–Crippen LogP) is -1.85. The lowest BCUT2D eigenvalue weighted by atomic mass is 10.1. The van der Waals surface area contributed by atoms with Crippen LogP contribution in [0.1, 0.15) is 26.2 Å². The maximum atomic E-state index is 11.6. The molecule has 110 valence electrons. The number of nitrogens with two attached hydrogens (primary N) is 2. The molecule has 0 aromatic heterocycles. The van der Waals surface area contributed by atoms with Gasteiger partial charge >= 0.3 is 5.97 Å². The molecule has 0 aromatic rings. The molecule has 0 bridgehead atoms. The summed E-state index contributed by atoms with van der Waals surface area (Å²) in [7, 11) is 0. The molecular formula is C11H22N4O4. The summed E-state index contributed by atoms with van der Waals surface area (Å²) in [6.07, 6.45) is 2.02. The lowest BCUT2D eigenvalue weighted by Crippen LogP contribution is -2.50. The topological polar surface area (TPSA) is 148 Å². The number of carbonyl (C=O) groups is 3. The Morgan fingerprint density at radius 2 is 1.84 bits per heavy atom. The Labute approximate surface area is 111 Å². The molecule has 0 rings (SSSR count). The number of hydrogen-bond donors (Lipinski definition) is 5. The molecular weight excluding hydrogens is 252 g/mol. The van der Waals surface area contributed by atoms with Gasteiger partial charge in [-0.2, -0.15) is 0 Å². The highest BCUT2D eigenvalue weighted by Gasteiger charge is 2.19. The van der Waals surface area contributed by atoms with Crippen LogP contribution in [0.3, 0.4) is 0 Å². The first kappa shape index (κ1) is 17.3. The van der Waals surface area contributed by atoms with E-state index in [-0.39, 0.29) is 0 Å². The molecule has 8 nitrogen and oxygen atoms in total. The van der Waals surface area contributed by atoms with Crippen molar-refractivity contribution in [3.63, 3.8) is 0 Å². The van der Waals surface area contributed by atoms with Gasteiger partial charge < -0.3 is 27.2 Å². The van der Waals surface area contributed by atoms with Crippen LogP contribution in [0.5, 0.6) is 0 Å². The Morgan fingerprint density at radius 1 is 1.21 bits per heavy atom. The van der Waals surface area contributed by atoms with Gasteiger partial charge in [-0.15, -0.1) is 0 Å². The molecule has 0 heterocycles. The van der Waals surface area contributed by atoms with Gasteiger partial charge in [0.25, 0.3) is 0 Å². The van der Waals surface area contributed by atoms with Crippen molar-refractivity contribution >= 4 is 17.8 Å². The monoisotopic (exact) mass is 274 g/mol. The lowest BCUT2D eigenvalue weighted by Gasteiger charge is -2.16. The second-order valence-corrected chi connectivity index (χ2v) is 4.23.